The molecule has 0 saturated heterocycles. The summed E-state index contributed by atoms with van der Waals surface area (Å²) in [6, 6.07) is 4.21. The molecule has 3 rings (SSSR count). The summed E-state index contributed by atoms with van der Waals surface area (Å²) in [6.07, 6.45) is 5.32. The van der Waals surface area contributed by atoms with Gasteiger partial charge in [0.2, 0.25) is 0 Å². The molecule has 0 spiro atoms. The summed E-state index contributed by atoms with van der Waals surface area (Å²) in [7, 11) is 0. The van der Waals surface area contributed by atoms with Crippen LogP contribution in [0.5, 0.6) is 0 Å². The van der Waals surface area contributed by atoms with Gasteiger partial charge in [-0.05, 0) is 61.6 Å². The minimum atomic E-state index is -0.627. The second-order valence-electron chi connectivity index (χ2n) is 5.85. The van der Waals surface area contributed by atoms with Crippen molar-refractivity contribution in [2.75, 3.05) is 0 Å². The Morgan fingerprint density at radius 1 is 1.33 bits per heavy atom. The molecule has 0 aliphatic heterocycles. The van der Waals surface area contributed by atoms with Gasteiger partial charge < -0.3 is 5.11 Å². The van der Waals surface area contributed by atoms with Gasteiger partial charge in [-0.15, -0.1) is 0 Å². The van der Waals surface area contributed by atoms with E-state index in [1.54, 1.807) is 0 Å². The first-order valence-corrected chi connectivity index (χ1v) is 7.14. The molecular weight excluding hydrogens is 251 g/mol. The predicted molar refractivity (Wildman–Crippen MR) is 69.9 cm³/mol. The van der Waals surface area contributed by atoms with Gasteiger partial charge in [0, 0.05) is 10.6 Å². The molecule has 2 fully saturated rings. The van der Waals surface area contributed by atoms with E-state index in [9.17, 15) is 9.50 Å². The Kier molecular flexibility index (Phi) is 3.33. The third-order valence-electron chi connectivity index (χ3n) is 4.73. The summed E-state index contributed by atoms with van der Waals surface area (Å²) in [4.78, 5) is 0. The molecule has 1 aromatic carbocycles. The molecule has 2 aliphatic carbocycles. The van der Waals surface area contributed by atoms with Crippen molar-refractivity contribution in [3.05, 3.63) is 34.6 Å². The summed E-state index contributed by atoms with van der Waals surface area (Å²) in [5.41, 5.74) is 0.541. The van der Waals surface area contributed by atoms with Crippen LogP contribution in [0.2, 0.25) is 5.02 Å². The van der Waals surface area contributed by atoms with E-state index in [-0.39, 0.29) is 5.82 Å². The lowest BCUT2D eigenvalue weighted by Crippen LogP contribution is -2.14. The number of benzene rings is 1. The molecule has 1 N–H and O–H groups in total. The van der Waals surface area contributed by atoms with E-state index >= 15 is 0 Å². The minimum absolute atomic E-state index is 0.332. The van der Waals surface area contributed by atoms with Crippen molar-refractivity contribution in [2.45, 2.75) is 38.2 Å². The van der Waals surface area contributed by atoms with Crippen molar-refractivity contribution in [3.8, 4) is 0 Å². The monoisotopic (exact) mass is 268 g/mol. The van der Waals surface area contributed by atoms with E-state index in [1.165, 1.54) is 43.9 Å². The highest BCUT2D eigenvalue weighted by Crippen LogP contribution is 2.51. The smallest absolute Gasteiger partial charge is 0.123 e. The third kappa shape index (κ3) is 2.28. The van der Waals surface area contributed by atoms with Gasteiger partial charge in [-0.2, -0.15) is 0 Å². The van der Waals surface area contributed by atoms with Crippen LogP contribution in [0.3, 0.4) is 0 Å². The minimum Gasteiger partial charge on any atom is -0.388 e. The first-order valence-electron chi connectivity index (χ1n) is 6.76. The molecule has 2 saturated carbocycles. The van der Waals surface area contributed by atoms with Gasteiger partial charge in [-0.1, -0.05) is 18.0 Å². The fourth-order valence-electron chi connectivity index (χ4n) is 3.85. The topological polar surface area (TPSA) is 20.2 Å². The quantitative estimate of drug-likeness (QED) is 0.865. The molecule has 0 aromatic heterocycles. The number of aliphatic hydroxyl groups excluding tert-OH is 1. The van der Waals surface area contributed by atoms with Gasteiger partial charge in [0.05, 0.1) is 6.10 Å². The third-order valence-corrected chi connectivity index (χ3v) is 5.07. The van der Waals surface area contributed by atoms with Crippen LogP contribution in [0.25, 0.3) is 0 Å². The van der Waals surface area contributed by atoms with Gasteiger partial charge >= 0.3 is 0 Å². The van der Waals surface area contributed by atoms with Crippen molar-refractivity contribution in [3.63, 3.8) is 0 Å². The van der Waals surface area contributed by atoms with E-state index in [4.69, 9.17) is 11.6 Å². The average Bonchev–Trinajstić information content (AvgIpc) is 2.94. The maximum absolute atomic E-state index is 13.2. The molecule has 1 aromatic rings. The highest BCUT2D eigenvalue weighted by atomic mass is 35.5. The lowest BCUT2D eigenvalue weighted by molar-refractivity contribution is 0.125. The number of fused-ring (bicyclic) bond motifs is 2. The van der Waals surface area contributed by atoms with Gasteiger partial charge in [-0.3, -0.25) is 0 Å². The van der Waals surface area contributed by atoms with E-state index < -0.39 is 6.10 Å². The molecule has 18 heavy (non-hydrogen) atoms. The van der Waals surface area contributed by atoms with Crippen LogP contribution in [0.4, 0.5) is 4.39 Å². The molecule has 4 unspecified atom stereocenters. The Balaban J connectivity index is 1.71. The van der Waals surface area contributed by atoms with E-state index in [1.807, 2.05) is 0 Å². The fourth-order valence-corrected chi connectivity index (χ4v) is 4.09. The van der Waals surface area contributed by atoms with Crippen molar-refractivity contribution < 1.29 is 9.50 Å². The Bertz CT molecular complexity index is 448. The highest BCUT2D eigenvalue weighted by molar-refractivity contribution is 6.31. The lowest BCUT2D eigenvalue weighted by atomic mass is 9.83. The van der Waals surface area contributed by atoms with Crippen molar-refractivity contribution >= 4 is 11.6 Å². The number of rotatable bonds is 3. The average molecular weight is 269 g/mol. The van der Waals surface area contributed by atoms with Gasteiger partial charge in [0.15, 0.2) is 0 Å². The molecule has 1 nitrogen and oxygen atoms in total. The summed E-state index contributed by atoms with van der Waals surface area (Å²) >= 11 is 6.03. The summed E-state index contributed by atoms with van der Waals surface area (Å²) in [5.74, 6) is 1.91. The fraction of sp³-hybridized carbons (Fsp3) is 0.600. The van der Waals surface area contributed by atoms with E-state index in [2.05, 4.69) is 0 Å². The summed E-state index contributed by atoms with van der Waals surface area (Å²) in [6.45, 7) is 0. The Labute approximate surface area is 112 Å². The van der Waals surface area contributed by atoms with Crippen molar-refractivity contribution in [1.29, 1.82) is 0 Å². The second-order valence-corrected chi connectivity index (χ2v) is 6.26. The standard InChI is InChI=1S/C15H18ClFO/c16-14-4-3-12(17)8-13(14)15(18)7-11-6-9-1-2-10(11)5-9/h3-4,8-11,15,18H,1-2,5-7H2. The summed E-state index contributed by atoms with van der Waals surface area (Å²) in [5, 5.41) is 10.7. The SMILES string of the molecule is OC(CC1CC2CCC1C2)c1cc(F)ccc1Cl. The van der Waals surface area contributed by atoms with Crippen LogP contribution in [-0.4, -0.2) is 5.11 Å². The molecular formula is C15H18ClFO. The highest BCUT2D eigenvalue weighted by Gasteiger charge is 2.40. The van der Waals surface area contributed by atoms with Crippen LogP contribution >= 0.6 is 11.6 Å². The zero-order valence-electron chi connectivity index (χ0n) is 10.3. The van der Waals surface area contributed by atoms with Crippen LogP contribution in [0.15, 0.2) is 18.2 Å². The van der Waals surface area contributed by atoms with Crippen molar-refractivity contribution in [1.82, 2.24) is 0 Å². The van der Waals surface area contributed by atoms with E-state index in [0.29, 0.717) is 16.5 Å². The van der Waals surface area contributed by atoms with Gasteiger partial charge in [0.25, 0.3) is 0 Å². The maximum atomic E-state index is 13.2. The first kappa shape index (κ1) is 12.4. The number of halogens is 2. The molecule has 2 bridgehead atoms. The van der Waals surface area contributed by atoms with Gasteiger partial charge in [0.1, 0.15) is 5.82 Å². The normalized spacial score (nSPS) is 31.8. The first-order chi connectivity index (χ1) is 8.63. The van der Waals surface area contributed by atoms with Crippen LogP contribution in [0, 0.1) is 23.6 Å². The molecule has 0 amide bonds. The Morgan fingerprint density at radius 3 is 2.83 bits per heavy atom. The zero-order valence-corrected chi connectivity index (χ0v) is 11.0. The molecule has 0 heterocycles. The molecule has 3 heteroatoms. The summed E-state index contributed by atoms with van der Waals surface area (Å²) < 4.78 is 13.2. The van der Waals surface area contributed by atoms with E-state index in [0.717, 1.165) is 18.3 Å². The number of hydrogen-bond donors (Lipinski definition) is 1. The Morgan fingerprint density at radius 2 is 2.17 bits per heavy atom. The lowest BCUT2D eigenvalue weighted by Gasteiger charge is -2.24. The number of aliphatic hydroxyl groups is 1. The predicted octanol–water partition coefficient (Wildman–Crippen LogP) is 4.34. The molecule has 4 atom stereocenters. The molecule has 98 valence electrons. The van der Waals surface area contributed by atoms with Crippen LogP contribution in [0.1, 0.15) is 43.8 Å². The Hall–Kier alpha value is -0.600. The molecule has 2 aliphatic rings. The largest absolute Gasteiger partial charge is 0.388 e. The van der Waals surface area contributed by atoms with Crippen LogP contribution < -0.4 is 0 Å². The zero-order chi connectivity index (χ0) is 12.7. The van der Waals surface area contributed by atoms with Gasteiger partial charge in [-0.25, -0.2) is 4.39 Å². The van der Waals surface area contributed by atoms with Crippen LogP contribution in [-0.2, 0) is 0 Å². The second kappa shape index (κ2) is 4.82. The van der Waals surface area contributed by atoms with Crippen molar-refractivity contribution in [2.24, 2.45) is 17.8 Å². The molecule has 0 radical (unpaired) electrons. The maximum Gasteiger partial charge on any atom is 0.123 e. The number of hydrogen-bond acceptors (Lipinski definition) is 1.